The van der Waals surface area contributed by atoms with Crippen molar-refractivity contribution < 1.29 is 35.4 Å². The van der Waals surface area contributed by atoms with E-state index in [2.05, 4.69) is 0 Å². The van der Waals surface area contributed by atoms with Gasteiger partial charge in [-0.05, 0) is 6.07 Å². The second kappa shape index (κ2) is 5.80. The third kappa shape index (κ3) is 6.61. The summed E-state index contributed by atoms with van der Waals surface area (Å²) in [6.45, 7) is 0. The summed E-state index contributed by atoms with van der Waals surface area (Å²) in [6.07, 6.45) is 2.24. The molecule has 1 aromatic rings. The van der Waals surface area contributed by atoms with Crippen molar-refractivity contribution in [2.75, 3.05) is 0 Å². The quantitative estimate of drug-likeness (QED) is 0.454. The Bertz CT molecular complexity index is 440. The summed E-state index contributed by atoms with van der Waals surface area (Å²) in [5, 5.41) is 0.565. The van der Waals surface area contributed by atoms with Gasteiger partial charge in [0, 0.05) is 4.79 Å². The van der Waals surface area contributed by atoms with Crippen LogP contribution < -0.4 is 4.79 Å². The maximum absolute atomic E-state index is 12.2. The van der Waals surface area contributed by atoms with Crippen LogP contribution in [0.15, 0.2) is 18.5 Å². The van der Waals surface area contributed by atoms with Crippen molar-refractivity contribution in [2.45, 2.75) is 5.51 Å². The minimum atomic E-state index is -5.84. The summed E-state index contributed by atoms with van der Waals surface area (Å²) in [5.74, 6) is 0. The fraction of sp³-hybridized carbons (Fsp3) is 0.167. The van der Waals surface area contributed by atoms with E-state index >= 15 is 0 Å². The van der Waals surface area contributed by atoms with Gasteiger partial charge in [-0.25, -0.2) is 0 Å². The van der Waals surface area contributed by atoms with E-state index in [1.165, 1.54) is 6.07 Å². The first-order valence-electron chi connectivity index (χ1n) is 3.51. The van der Waals surface area contributed by atoms with Gasteiger partial charge < -0.3 is 0 Å². The van der Waals surface area contributed by atoms with Crippen molar-refractivity contribution in [2.24, 2.45) is 0 Å². The minimum Gasteiger partial charge on any atom is -0.279 e. The van der Waals surface area contributed by atoms with Crippen molar-refractivity contribution >= 4 is 33.3 Å². The topological polar surface area (TPSA) is 58.2 Å². The summed E-state index contributed by atoms with van der Waals surface area (Å²) in [6, 6.07) is 1.46. The molecule has 11 heteroatoms. The average molecular weight is 317 g/mol. The molecule has 98 valence electrons. The van der Waals surface area contributed by atoms with Gasteiger partial charge in [0.2, 0.25) is 12.4 Å². The fourth-order valence-electron chi connectivity index (χ4n) is 0.479. The van der Waals surface area contributed by atoms with E-state index in [9.17, 15) is 17.7 Å². The van der Waals surface area contributed by atoms with Crippen molar-refractivity contribution in [1.82, 2.24) is 0 Å². The lowest BCUT2D eigenvalue weighted by atomic mass is 10.5. The number of aromatic nitrogens is 1. The smallest absolute Gasteiger partial charge is 0.279 e. The number of halogens is 6. The summed E-state index contributed by atoms with van der Waals surface area (Å²) in [5.41, 5.74) is -5.53. The molecule has 0 amide bonds. The molecular weight excluding hydrogens is 313 g/mol. The van der Waals surface area contributed by atoms with E-state index in [-0.39, 0.29) is 10.0 Å². The van der Waals surface area contributed by atoms with Gasteiger partial charge in [-0.2, -0.15) is 21.6 Å². The Morgan fingerprint density at radius 2 is 1.47 bits per heavy atom. The molecule has 0 fully saturated rings. The van der Waals surface area contributed by atoms with E-state index in [4.69, 9.17) is 36.2 Å². The number of pyridine rings is 1. The predicted octanol–water partition coefficient (Wildman–Crippen LogP) is 2.41. The van der Waals surface area contributed by atoms with Crippen molar-refractivity contribution in [3.05, 3.63) is 28.5 Å². The molecule has 0 aliphatic carbocycles. The Balaban J connectivity index is 0.000000304. The van der Waals surface area contributed by atoms with Crippen LogP contribution in [0.3, 0.4) is 0 Å². The fourth-order valence-corrected chi connectivity index (χ4v) is 0.957. The second-order valence-corrected chi connectivity index (χ2v) is 4.72. The molecule has 0 aliphatic rings. The highest BCUT2D eigenvalue weighted by atomic mass is 35.5. The highest BCUT2D eigenvalue weighted by Gasteiger charge is 2.44. The first kappa shape index (κ1) is 16.4. The van der Waals surface area contributed by atoms with Gasteiger partial charge in [-0.3, -0.25) is 4.55 Å². The predicted molar refractivity (Wildman–Crippen MR) is 50.8 cm³/mol. The van der Waals surface area contributed by atoms with Crippen LogP contribution in [0, 0.1) is 0 Å². The zero-order valence-electron chi connectivity index (χ0n) is 7.62. The summed E-state index contributed by atoms with van der Waals surface area (Å²) < 4.78 is 69.7. The second-order valence-electron chi connectivity index (χ2n) is 2.44. The lowest BCUT2D eigenvalue weighted by Crippen LogP contribution is -2.21. The Kier molecular flexibility index (Phi) is 5.59. The van der Waals surface area contributed by atoms with Crippen LogP contribution in [0.4, 0.5) is 17.7 Å². The molecule has 0 saturated heterocycles. The third-order valence-electron chi connectivity index (χ3n) is 1.06. The van der Waals surface area contributed by atoms with Crippen LogP contribution in [0.1, 0.15) is 0 Å². The summed E-state index contributed by atoms with van der Waals surface area (Å²) in [7, 11) is -5.84. The van der Waals surface area contributed by atoms with E-state index < -0.39 is 15.6 Å². The number of alkyl halides is 3. The van der Waals surface area contributed by atoms with Gasteiger partial charge in [0.1, 0.15) is 10.0 Å². The Morgan fingerprint density at radius 1 is 1.18 bits per heavy atom. The molecule has 0 saturated carbocycles. The first-order chi connectivity index (χ1) is 7.43. The summed E-state index contributed by atoms with van der Waals surface area (Å²) >= 11 is 10.8. The maximum atomic E-state index is 12.2. The maximum Gasteiger partial charge on any atom is 0.522 e. The Morgan fingerprint density at radius 3 is 1.65 bits per heavy atom. The van der Waals surface area contributed by atoms with Gasteiger partial charge in [0.15, 0.2) is 0 Å². The molecule has 0 unspecified atom stereocenters. The molecule has 0 atom stereocenters. The molecule has 1 heterocycles. The number of rotatable bonds is 0. The zero-order chi connectivity index (χ0) is 13.9. The van der Waals surface area contributed by atoms with E-state index in [0.717, 1.165) is 12.4 Å². The third-order valence-corrected chi connectivity index (χ3v) is 2.06. The van der Waals surface area contributed by atoms with Crippen LogP contribution in [0.25, 0.3) is 0 Å². The lowest BCUT2D eigenvalue weighted by molar-refractivity contribution is -0.843. The minimum absolute atomic E-state index is 0.282. The molecule has 0 radical (unpaired) electrons. The van der Waals surface area contributed by atoms with Crippen LogP contribution >= 0.6 is 23.2 Å². The SMILES string of the molecule is F[n+]1cc(Cl)cc(Cl)c1.O=S(=O)(O)C(F)(F)F. The molecule has 1 aromatic heterocycles. The van der Waals surface area contributed by atoms with Crippen LogP contribution in [0.5, 0.6) is 0 Å². The van der Waals surface area contributed by atoms with Gasteiger partial charge in [-0.1, -0.05) is 23.2 Å². The highest BCUT2D eigenvalue weighted by Crippen LogP contribution is 2.20. The molecule has 0 spiro atoms. The highest BCUT2D eigenvalue weighted by molar-refractivity contribution is 7.86. The molecule has 0 aliphatic heterocycles. The van der Waals surface area contributed by atoms with E-state index in [1.807, 2.05) is 0 Å². The molecule has 0 bridgehead atoms. The Hall–Kier alpha value is -0.640. The van der Waals surface area contributed by atoms with Gasteiger partial charge in [0.25, 0.3) is 0 Å². The number of nitrogens with zero attached hydrogens (tertiary/aromatic N) is 1. The van der Waals surface area contributed by atoms with Crippen LogP contribution in [0.2, 0.25) is 10.0 Å². The average Bonchev–Trinajstić information content (AvgIpc) is 1.96. The molecule has 4 nitrogen and oxygen atoms in total. The van der Waals surface area contributed by atoms with Crippen molar-refractivity contribution in [3.63, 3.8) is 0 Å². The van der Waals surface area contributed by atoms with Crippen LogP contribution in [-0.4, -0.2) is 18.5 Å². The van der Waals surface area contributed by atoms with Gasteiger partial charge >= 0.3 is 15.6 Å². The number of hydrogen-bond acceptors (Lipinski definition) is 2. The van der Waals surface area contributed by atoms with Crippen molar-refractivity contribution in [3.8, 4) is 0 Å². The standard InChI is InChI=1S/C5H3Cl2FN.CHF3O3S/c6-4-1-5(7)3-9(8)2-4;2-1(3,4)8(5,6)7/h1-3H;(H,5,6,7)/q+1;. The monoisotopic (exact) mass is 316 g/mol. The molecule has 1 N–H and O–H groups in total. The van der Waals surface area contributed by atoms with Gasteiger partial charge in [0.05, 0.1) is 4.48 Å². The van der Waals surface area contributed by atoms with E-state index in [1.54, 1.807) is 0 Å². The van der Waals surface area contributed by atoms with E-state index in [0.29, 0.717) is 4.79 Å². The molecule has 1 rings (SSSR count). The normalized spacial score (nSPS) is 11.7. The lowest BCUT2D eigenvalue weighted by Gasteiger charge is -1.97. The molecule has 17 heavy (non-hydrogen) atoms. The van der Waals surface area contributed by atoms with Crippen molar-refractivity contribution in [1.29, 1.82) is 0 Å². The Labute approximate surface area is 103 Å². The largest absolute Gasteiger partial charge is 0.522 e. The zero-order valence-corrected chi connectivity index (χ0v) is 9.95. The van der Waals surface area contributed by atoms with Gasteiger partial charge in [-0.15, -0.1) is 0 Å². The number of hydrogen-bond donors (Lipinski definition) is 1. The first-order valence-corrected chi connectivity index (χ1v) is 5.70. The molecule has 0 aromatic carbocycles. The molecular formula is C6H4Cl2F4NO3S+. The van der Waals surface area contributed by atoms with Crippen LogP contribution in [-0.2, 0) is 10.1 Å². The summed E-state index contributed by atoms with van der Waals surface area (Å²) in [4.78, 5) is 0.310.